The fraction of sp³-hybridized carbons (Fsp3) is 0.240. The second kappa shape index (κ2) is 11.2. The summed E-state index contributed by atoms with van der Waals surface area (Å²) in [5, 5.41) is 6.83. The van der Waals surface area contributed by atoms with Crippen LogP contribution >= 0.6 is 11.6 Å². The number of aromatic nitrogens is 2. The van der Waals surface area contributed by atoms with Crippen LogP contribution in [0.3, 0.4) is 0 Å². The fourth-order valence-electron chi connectivity index (χ4n) is 4.07. The molecule has 1 aromatic carbocycles. The summed E-state index contributed by atoms with van der Waals surface area (Å²) in [6, 6.07) is 7.11. The number of aliphatic imine (C=N–C) groups is 1. The molecule has 0 radical (unpaired) electrons. The van der Waals surface area contributed by atoms with E-state index in [0.29, 0.717) is 46.9 Å². The Kier molecular flexibility index (Phi) is 7.84. The van der Waals surface area contributed by atoms with Crippen molar-refractivity contribution in [3.63, 3.8) is 0 Å². The molecule has 1 aliphatic rings. The van der Waals surface area contributed by atoms with Crippen LogP contribution in [0.4, 0.5) is 19.3 Å². The summed E-state index contributed by atoms with van der Waals surface area (Å²) in [6.07, 6.45) is 5.80. The van der Waals surface area contributed by atoms with Crippen molar-refractivity contribution in [3.8, 4) is 0 Å². The van der Waals surface area contributed by atoms with Gasteiger partial charge in [0.1, 0.15) is 17.3 Å². The normalized spacial score (nSPS) is 17.0. The molecule has 0 bridgehead atoms. The minimum atomic E-state index is -0.662. The second-order valence-corrected chi connectivity index (χ2v) is 8.86. The Morgan fingerprint density at radius 3 is 3.03 bits per heavy atom. The highest BCUT2D eigenvalue weighted by atomic mass is 35.5. The monoisotopic (exact) mass is 513 g/mol. The number of nitrogens with two attached hydrogens (primary N) is 1. The lowest BCUT2D eigenvalue weighted by Crippen LogP contribution is -2.44. The standard InChI is InChI=1S/C25H26ClF2N7O/c1-2-21(28)24(34-22(29)20-13-32-23-19(20)9-16(26)12-31-23)30-11-15-5-4-8-35(14-15)25(36)33-18-7-3-6-17(27)10-18/h2-3,6-7,9-10,12-13,15,30H,1,4-5,8,11,14H2,(H2,29,34)(H,31,32)(H,33,36)/b24-21+/t15-/m1/s1. The van der Waals surface area contributed by atoms with Crippen molar-refractivity contribution in [1.29, 1.82) is 0 Å². The number of H-pyrrole nitrogens is 1. The van der Waals surface area contributed by atoms with Gasteiger partial charge in [0.05, 0.1) is 5.02 Å². The third-order valence-electron chi connectivity index (χ3n) is 5.85. The van der Waals surface area contributed by atoms with Crippen LogP contribution in [0.2, 0.25) is 5.02 Å². The van der Waals surface area contributed by atoms with Gasteiger partial charge in [-0.2, -0.15) is 0 Å². The number of likely N-dealkylation sites (tertiary alicyclic amines) is 1. The van der Waals surface area contributed by atoms with Gasteiger partial charge in [-0.05, 0) is 49.1 Å². The van der Waals surface area contributed by atoms with Crippen molar-refractivity contribution in [2.24, 2.45) is 16.6 Å². The van der Waals surface area contributed by atoms with E-state index in [2.05, 4.69) is 32.2 Å². The highest BCUT2D eigenvalue weighted by molar-refractivity contribution is 6.31. The number of carbonyl (C=O) groups excluding carboxylic acids is 1. The summed E-state index contributed by atoms with van der Waals surface area (Å²) in [7, 11) is 0. The van der Waals surface area contributed by atoms with Crippen LogP contribution in [-0.2, 0) is 0 Å². The summed E-state index contributed by atoms with van der Waals surface area (Å²) in [6.45, 7) is 4.86. The number of piperidine rings is 1. The molecule has 8 nitrogen and oxygen atoms in total. The molecule has 1 aliphatic heterocycles. The highest BCUT2D eigenvalue weighted by Gasteiger charge is 2.24. The predicted molar refractivity (Wildman–Crippen MR) is 138 cm³/mol. The molecule has 0 unspecified atom stereocenters. The van der Waals surface area contributed by atoms with Crippen LogP contribution in [0.15, 0.2) is 72.0 Å². The number of hydrogen-bond acceptors (Lipinski definition) is 4. The van der Waals surface area contributed by atoms with Crippen LogP contribution in [0.25, 0.3) is 11.0 Å². The SMILES string of the molecule is C=C/C(F)=C(\N=C(/N)c1c[nH]c2ncc(Cl)cc12)NC[C@H]1CCCN(C(=O)Nc2cccc(F)c2)C1. The molecule has 1 fully saturated rings. The Morgan fingerprint density at radius 1 is 1.42 bits per heavy atom. The van der Waals surface area contributed by atoms with Crippen molar-refractivity contribution in [3.05, 3.63) is 83.4 Å². The number of hydrogen-bond donors (Lipinski definition) is 4. The number of nitrogens with zero attached hydrogens (tertiary/aromatic N) is 3. The minimum Gasteiger partial charge on any atom is -0.383 e. The third kappa shape index (κ3) is 6.01. The molecule has 36 heavy (non-hydrogen) atoms. The number of urea groups is 1. The van der Waals surface area contributed by atoms with Gasteiger partial charge in [-0.3, -0.25) is 0 Å². The van der Waals surface area contributed by atoms with Crippen LogP contribution in [0, 0.1) is 11.7 Å². The third-order valence-corrected chi connectivity index (χ3v) is 6.06. The maximum atomic E-state index is 14.6. The molecule has 0 saturated carbocycles. The number of aromatic amines is 1. The van der Waals surface area contributed by atoms with Gasteiger partial charge in [0.15, 0.2) is 11.6 Å². The number of amides is 2. The van der Waals surface area contributed by atoms with Gasteiger partial charge in [-0.15, -0.1) is 0 Å². The number of pyridine rings is 1. The summed E-state index contributed by atoms with van der Waals surface area (Å²) < 4.78 is 28.0. The number of anilines is 1. The van der Waals surface area contributed by atoms with Gasteiger partial charge in [-0.1, -0.05) is 24.2 Å². The van der Waals surface area contributed by atoms with E-state index in [-0.39, 0.29) is 23.6 Å². The summed E-state index contributed by atoms with van der Waals surface area (Å²) in [5.74, 6) is -1.04. The summed E-state index contributed by atoms with van der Waals surface area (Å²) in [4.78, 5) is 25.8. The Morgan fingerprint density at radius 2 is 2.25 bits per heavy atom. The summed E-state index contributed by atoms with van der Waals surface area (Å²) in [5.41, 5.74) is 7.70. The number of rotatable bonds is 7. The molecule has 188 valence electrons. The highest BCUT2D eigenvalue weighted by Crippen LogP contribution is 2.22. The first kappa shape index (κ1) is 25.2. The number of fused-ring (bicyclic) bond motifs is 1. The molecule has 1 saturated heterocycles. The lowest BCUT2D eigenvalue weighted by atomic mass is 9.98. The molecule has 3 aromatic rings. The molecule has 0 spiro atoms. The maximum absolute atomic E-state index is 14.6. The molecule has 0 aliphatic carbocycles. The summed E-state index contributed by atoms with van der Waals surface area (Å²) >= 11 is 6.05. The van der Waals surface area contributed by atoms with Crippen molar-refractivity contribution >= 4 is 40.2 Å². The molecular formula is C25H26ClF2N7O. The zero-order valence-electron chi connectivity index (χ0n) is 19.4. The number of benzene rings is 1. The first-order valence-electron chi connectivity index (χ1n) is 11.4. The van der Waals surface area contributed by atoms with Gasteiger partial charge in [0.25, 0.3) is 0 Å². The first-order chi connectivity index (χ1) is 17.3. The van der Waals surface area contributed by atoms with E-state index in [4.69, 9.17) is 17.3 Å². The topological polar surface area (TPSA) is 111 Å². The second-order valence-electron chi connectivity index (χ2n) is 8.43. The number of nitrogens with one attached hydrogen (secondary N) is 3. The quantitative estimate of drug-likeness (QED) is 0.204. The Hall–Kier alpha value is -3.92. The van der Waals surface area contributed by atoms with E-state index in [1.54, 1.807) is 23.2 Å². The Balaban J connectivity index is 1.43. The first-order valence-corrected chi connectivity index (χ1v) is 11.8. The van der Waals surface area contributed by atoms with E-state index in [0.717, 1.165) is 18.9 Å². The molecule has 4 rings (SSSR count). The van der Waals surface area contributed by atoms with Gasteiger partial charge in [-0.25, -0.2) is 23.6 Å². The molecular weight excluding hydrogens is 488 g/mol. The number of amidine groups is 1. The van der Waals surface area contributed by atoms with Crippen LogP contribution < -0.4 is 16.4 Å². The van der Waals surface area contributed by atoms with E-state index in [1.807, 2.05) is 0 Å². The molecule has 5 N–H and O–H groups in total. The van der Waals surface area contributed by atoms with Crippen molar-refractivity contribution in [2.75, 3.05) is 25.0 Å². The molecule has 11 heteroatoms. The smallest absolute Gasteiger partial charge is 0.321 e. The van der Waals surface area contributed by atoms with Crippen LogP contribution in [0.1, 0.15) is 18.4 Å². The van der Waals surface area contributed by atoms with Crippen molar-refractivity contribution in [2.45, 2.75) is 12.8 Å². The zero-order chi connectivity index (χ0) is 25.7. The number of carbonyl (C=O) groups is 1. The van der Waals surface area contributed by atoms with Gasteiger partial charge in [0.2, 0.25) is 0 Å². The lowest BCUT2D eigenvalue weighted by molar-refractivity contribution is 0.177. The average Bonchev–Trinajstić information content (AvgIpc) is 3.29. The van der Waals surface area contributed by atoms with Crippen LogP contribution in [0.5, 0.6) is 0 Å². The Labute approximate surface area is 211 Å². The van der Waals surface area contributed by atoms with E-state index >= 15 is 0 Å². The van der Waals surface area contributed by atoms with Crippen molar-refractivity contribution in [1.82, 2.24) is 20.2 Å². The predicted octanol–water partition coefficient (Wildman–Crippen LogP) is 4.92. The fourth-order valence-corrected chi connectivity index (χ4v) is 4.23. The van der Waals surface area contributed by atoms with Gasteiger partial charge >= 0.3 is 6.03 Å². The Bertz CT molecular complexity index is 1340. The van der Waals surface area contributed by atoms with Crippen LogP contribution in [-0.4, -0.2) is 46.4 Å². The number of halogens is 3. The minimum absolute atomic E-state index is 0.0390. The number of allylic oxidation sites excluding steroid dienone is 2. The maximum Gasteiger partial charge on any atom is 0.321 e. The molecule has 3 heterocycles. The molecule has 2 amide bonds. The van der Waals surface area contributed by atoms with Gasteiger partial charge < -0.3 is 26.3 Å². The largest absolute Gasteiger partial charge is 0.383 e. The van der Waals surface area contributed by atoms with E-state index in [1.165, 1.54) is 24.4 Å². The van der Waals surface area contributed by atoms with E-state index < -0.39 is 11.6 Å². The average molecular weight is 514 g/mol. The molecule has 2 aromatic heterocycles. The zero-order valence-corrected chi connectivity index (χ0v) is 20.2. The van der Waals surface area contributed by atoms with Crippen molar-refractivity contribution < 1.29 is 13.6 Å². The lowest BCUT2D eigenvalue weighted by Gasteiger charge is -2.33. The molecule has 1 atom stereocenters. The van der Waals surface area contributed by atoms with Gasteiger partial charge in [0, 0.05) is 48.7 Å². The van der Waals surface area contributed by atoms with E-state index in [9.17, 15) is 13.6 Å².